The fourth-order valence-corrected chi connectivity index (χ4v) is 2.51. The minimum atomic E-state index is -0.656. The number of rotatable bonds is 3. The summed E-state index contributed by atoms with van der Waals surface area (Å²) in [6.45, 7) is 1.93. The van der Waals surface area contributed by atoms with Crippen LogP contribution in [0.3, 0.4) is 0 Å². The summed E-state index contributed by atoms with van der Waals surface area (Å²) in [6, 6.07) is 16.6. The normalized spacial score (nSPS) is 10.5. The Morgan fingerprint density at radius 1 is 1.09 bits per heavy atom. The van der Waals surface area contributed by atoms with Crippen LogP contribution in [0.15, 0.2) is 63.9 Å². The molecule has 2 aromatic carbocycles. The van der Waals surface area contributed by atoms with E-state index in [0.717, 1.165) is 11.1 Å². The number of anilines is 1. The molecule has 0 unspecified atom stereocenters. The van der Waals surface area contributed by atoms with Gasteiger partial charge < -0.3 is 9.84 Å². The summed E-state index contributed by atoms with van der Waals surface area (Å²) in [6.07, 6.45) is 0. The molecule has 0 saturated heterocycles. The standard InChI is InChI=1S/C18H16N2O3/c1-12-7-6-10-14(11-12)19-17(21)15-16(20(2)23-18(15)22)13-8-4-3-5-9-13/h3-11H,1-2H3,(H,19,21). The molecule has 3 rings (SSSR count). The molecule has 1 N–H and O–H groups in total. The lowest BCUT2D eigenvalue weighted by Gasteiger charge is -2.07. The maximum Gasteiger partial charge on any atom is 0.370 e. The monoisotopic (exact) mass is 308 g/mol. The molecule has 5 nitrogen and oxygen atoms in total. The third-order valence-corrected chi connectivity index (χ3v) is 3.53. The van der Waals surface area contributed by atoms with E-state index in [9.17, 15) is 9.59 Å². The molecule has 0 atom stereocenters. The van der Waals surface area contributed by atoms with E-state index < -0.39 is 11.5 Å². The number of benzene rings is 2. The molecule has 1 aromatic heterocycles. The highest BCUT2D eigenvalue weighted by Gasteiger charge is 2.23. The van der Waals surface area contributed by atoms with Gasteiger partial charge in [0, 0.05) is 18.3 Å². The van der Waals surface area contributed by atoms with E-state index in [0.29, 0.717) is 11.4 Å². The van der Waals surface area contributed by atoms with Gasteiger partial charge in [-0.3, -0.25) is 4.79 Å². The first-order valence-corrected chi connectivity index (χ1v) is 7.20. The highest BCUT2D eigenvalue weighted by atomic mass is 16.5. The second-order valence-electron chi connectivity index (χ2n) is 5.29. The van der Waals surface area contributed by atoms with Gasteiger partial charge in [0.15, 0.2) is 5.56 Å². The summed E-state index contributed by atoms with van der Waals surface area (Å²) in [5.41, 5.74) is 2.20. The Kier molecular flexibility index (Phi) is 3.85. The summed E-state index contributed by atoms with van der Waals surface area (Å²) in [5, 5.41) is 2.75. The van der Waals surface area contributed by atoms with Crippen LogP contribution in [-0.2, 0) is 7.05 Å². The number of aromatic nitrogens is 1. The molecular formula is C18H16N2O3. The first kappa shape index (κ1) is 14.8. The zero-order valence-corrected chi connectivity index (χ0v) is 12.9. The van der Waals surface area contributed by atoms with Gasteiger partial charge in [0.2, 0.25) is 0 Å². The smallest absolute Gasteiger partial charge is 0.335 e. The molecule has 0 bridgehead atoms. The molecule has 3 aromatic rings. The van der Waals surface area contributed by atoms with Crippen molar-refractivity contribution in [1.82, 2.24) is 4.74 Å². The van der Waals surface area contributed by atoms with Crippen LogP contribution in [0.2, 0.25) is 0 Å². The Bertz CT molecular complexity index is 908. The van der Waals surface area contributed by atoms with Crippen LogP contribution in [0.25, 0.3) is 11.3 Å². The highest BCUT2D eigenvalue weighted by molar-refractivity contribution is 6.07. The number of hydrogen-bond acceptors (Lipinski definition) is 3. The number of carbonyl (C=O) groups excluding carboxylic acids is 1. The van der Waals surface area contributed by atoms with Crippen LogP contribution >= 0.6 is 0 Å². The first-order chi connectivity index (χ1) is 11.1. The number of aryl methyl sites for hydroxylation is 2. The summed E-state index contributed by atoms with van der Waals surface area (Å²) in [4.78, 5) is 24.7. The fraction of sp³-hybridized carbons (Fsp3) is 0.111. The second kappa shape index (κ2) is 5.96. The maximum absolute atomic E-state index is 12.6. The van der Waals surface area contributed by atoms with E-state index in [4.69, 9.17) is 4.52 Å². The molecule has 0 fully saturated rings. The predicted molar refractivity (Wildman–Crippen MR) is 88.5 cm³/mol. The van der Waals surface area contributed by atoms with Crippen molar-refractivity contribution < 1.29 is 9.32 Å². The summed E-state index contributed by atoms with van der Waals surface area (Å²) in [7, 11) is 1.60. The number of carbonyl (C=O) groups is 1. The predicted octanol–water partition coefficient (Wildman–Crippen LogP) is 3.21. The van der Waals surface area contributed by atoms with Crippen molar-refractivity contribution in [3.05, 3.63) is 76.1 Å². The zero-order valence-electron chi connectivity index (χ0n) is 12.9. The van der Waals surface area contributed by atoms with E-state index in [2.05, 4.69) is 5.32 Å². The van der Waals surface area contributed by atoms with Crippen molar-refractivity contribution in [2.45, 2.75) is 6.92 Å². The van der Waals surface area contributed by atoms with Gasteiger partial charge in [0.1, 0.15) is 5.69 Å². The molecule has 23 heavy (non-hydrogen) atoms. The fourth-order valence-electron chi connectivity index (χ4n) is 2.51. The molecule has 0 aliphatic carbocycles. The summed E-state index contributed by atoms with van der Waals surface area (Å²) < 4.78 is 6.41. The third kappa shape index (κ3) is 2.94. The molecule has 1 amide bonds. The van der Waals surface area contributed by atoms with Crippen LogP contribution in [0.4, 0.5) is 5.69 Å². The van der Waals surface area contributed by atoms with Crippen molar-refractivity contribution in [2.24, 2.45) is 7.05 Å². The Hall–Kier alpha value is -3.08. The van der Waals surface area contributed by atoms with Gasteiger partial charge >= 0.3 is 5.63 Å². The maximum atomic E-state index is 12.6. The lowest BCUT2D eigenvalue weighted by Crippen LogP contribution is -2.19. The van der Waals surface area contributed by atoms with Gasteiger partial charge in [0.25, 0.3) is 5.91 Å². The number of nitrogens with zero attached hydrogens (tertiary/aromatic N) is 1. The van der Waals surface area contributed by atoms with Crippen molar-refractivity contribution in [3.63, 3.8) is 0 Å². The topological polar surface area (TPSA) is 64.2 Å². The van der Waals surface area contributed by atoms with Crippen molar-refractivity contribution in [1.29, 1.82) is 0 Å². The number of amides is 1. The molecule has 0 aliphatic heterocycles. The molecule has 116 valence electrons. The average Bonchev–Trinajstić information content (AvgIpc) is 2.82. The SMILES string of the molecule is Cc1cccc(NC(=O)c2c(-c3ccccc3)n(C)oc2=O)c1. The molecule has 0 radical (unpaired) electrons. The third-order valence-electron chi connectivity index (χ3n) is 3.53. The molecular weight excluding hydrogens is 292 g/mol. The van der Waals surface area contributed by atoms with Crippen LogP contribution in [0, 0.1) is 6.92 Å². The van der Waals surface area contributed by atoms with Gasteiger partial charge in [-0.25, -0.2) is 9.53 Å². The van der Waals surface area contributed by atoms with Gasteiger partial charge in [0.05, 0.1) is 0 Å². The molecule has 0 saturated carbocycles. The van der Waals surface area contributed by atoms with E-state index >= 15 is 0 Å². The lowest BCUT2D eigenvalue weighted by atomic mass is 10.1. The second-order valence-corrected chi connectivity index (χ2v) is 5.29. The van der Waals surface area contributed by atoms with Crippen molar-refractivity contribution >= 4 is 11.6 Å². The number of nitrogens with one attached hydrogen (secondary N) is 1. The largest absolute Gasteiger partial charge is 0.370 e. The Morgan fingerprint density at radius 2 is 1.83 bits per heavy atom. The van der Waals surface area contributed by atoms with Gasteiger partial charge in [-0.1, -0.05) is 42.5 Å². The first-order valence-electron chi connectivity index (χ1n) is 7.20. The average molecular weight is 308 g/mol. The van der Waals surface area contributed by atoms with Crippen LogP contribution < -0.4 is 10.9 Å². The Morgan fingerprint density at radius 3 is 2.52 bits per heavy atom. The molecule has 0 spiro atoms. The van der Waals surface area contributed by atoms with Crippen molar-refractivity contribution in [3.8, 4) is 11.3 Å². The van der Waals surface area contributed by atoms with Crippen molar-refractivity contribution in [2.75, 3.05) is 5.32 Å². The molecule has 5 heteroatoms. The van der Waals surface area contributed by atoms with Crippen LogP contribution in [-0.4, -0.2) is 10.6 Å². The lowest BCUT2D eigenvalue weighted by molar-refractivity contribution is 0.102. The Labute approximate surface area is 133 Å². The minimum absolute atomic E-state index is 0.000191. The van der Waals surface area contributed by atoms with E-state index in [1.54, 1.807) is 13.1 Å². The van der Waals surface area contributed by atoms with E-state index in [1.165, 1.54) is 4.74 Å². The van der Waals surface area contributed by atoms with Gasteiger partial charge in [-0.05, 0) is 24.6 Å². The summed E-state index contributed by atoms with van der Waals surface area (Å²) >= 11 is 0. The molecule has 1 heterocycles. The number of hydrogen-bond donors (Lipinski definition) is 1. The van der Waals surface area contributed by atoms with Gasteiger partial charge in [-0.2, -0.15) is 0 Å². The van der Waals surface area contributed by atoms with Gasteiger partial charge in [-0.15, -0.1) is 0 Å². The molecule has 0 aliphatic rings. The van der Waals surface area contributed by atoms with E-state index in [-0.39, 0.29) is 5.56 Å². The zero-order chi connectivity index (χ0) is 16.4. The Balaban J connectivity index is 2.03. The van der Waals surface area contributed by atoms with Crippen LogP contribution in [0.5, 0.6) is 0 Å². The highest BCUT2D eigenvalue weighted by Crippen LogP contribution is 2.22. The van der Waals surface area contributed by atoms with Crippen LogP contribution in [0.1, 0.15) is 15.9 Å². The van der Waals surface area contributed by atoms with E-state index in [1.807, 2.05) is 55.5 Å². The quantitative estimate of drug-likeness (QED) is 0.808. The minimum Gasteiger partial charge on any atom is -0.335 e. The summed E-state index contributed by atoms with van der Waals surface area (Å²) in [5.74, 6) is -0.483.